The molecule has 0 aliphatic heterocycles. The molecule has 0 bridgehead atoms. The first-order valence-electron chi connectivity index (χ1n) is 5.34. The molecule has 0 saturated carbocycles. The Morgan fingerprint density at radius 1 is 1.44 bits per heavy atom. The second kappa shape index (κ2) is 5.23. The van der Waals surface area contributed by atoms with Crippen molar-refractivity contribution >= 4 is 11.6 Å². The molecule has 0 heterocycles. The van der Waals surface area contributed by atoms with Crippen molar-refractivity contribution in [2.45, 2.75) is 33.6 Å². The SMILES string of the molecule is CCOc1c(C(C)C#N)cc(Cl)c(C)c1C. The van der Waals surface area contributed by atoms with Crippen molar-refractivity contribution in [2.24, 2.45) is 0 Å². The van der Waals surface area contributed by atoms with Crippen LogP contribution < -0.4 is 4.74 Å². The number of hydrogen-bond donors (Lipinski definition) is 0. The molecule has 0 radical (unpaired) electrons. The van der Waals surface area contributed by atoms with Gasteiger partial charge in [0.15, 0.2) is 0 Å². The molecule has 0 saturated heterocycles. The van der Waals surface area contributed by atoms with Crippen molar-refractivity contribution in [3.63, 3.8) is 0 Å². The summed E-state index contributed by atoms with van der Waals surface area (Å²) < 4.78 is 5.62. The predicted molar refractivity (Wildman–Crippen MR) is 66.1 cm³/mol. The molecule has 0 aromatic heterocycles. The Kier molecular flexibility index (Phi) is 4.20. The number of benzene rings is 1. The number of halogens is 1. The maximum absolute atomic E-state index is 8.98. The van der Waals surface area contributed by atoms with E-state index in [1.54, 1.807) is 0 Å². The highest BCUT2D eigenvalue weighted by molar-refractivity contribution is 6.31. The van der Waals surface area contributed by atoms with Crippen molar-refractivity contribution in [3.8, 4) is 11.8 Å². The lowest BCUT2D eigenvalue weighted by Gasteiger charge is -2.17. The van der Waals surface area contributed by atoms with E-state index in [9.17, 15) is 0 Å². The minimum absolute atomic E-state index is 0.210. The Morgan fingerprint density at radius 2 is 2.06 bits per heavy atom. The van der Waals surface area contributed by atoms with E-state index in [1.807, 2.05) is 33.8 Å². The van der Waals surface area contributed by atoms with Crippen LogP contribution >= 0.6 is 11.6 Å². The van der Waals surface area contributed by atoms with Gasteiger partial charge in [-0.2, -0.15) is 5.26 Å². The molecule has 0 spiro atoms. The third-order valence-electron chi connectivity index (χ3n) is 2.75. The van der Waals surface area contributed by atoms with Gasteiger partial charge in [0.2, 0.25) is 0 Å². The zero-order chi connectivity index (χ0) is 12.3. The van der Waals surface area contributed by atoms with E-state index in [4.69, 9.17) is 21.6 Å². The summed E-state index contributed by atoms with van der Waals surface area (Å²) in [7, 11) is 0. The lowest BCUT2D eigenvalue weighted by Crippen LogP contribution is -2.03. The van der Waals surface area contributed by atoms with Crippen LogP contribution in [0.5, 0.6) is 5.75 Å². The second-order valence-electron chi connectivity index (χ2n) is 3.81. The topological polar surface area (TPSA) is 33.0 Å². The number of rotatable bonds is 3. The summed E-state index contributed by atoms with van der Waals surface area (Å²) in [6, 6.07) is 4.05. The first-order valence-corrected chi connectivity index (χ1v) is 5.72. The Hall–Kier alpha value is -1.20. The van der Waals surface area contributed by atoms with Gasteiger partial charge in [0.05, 0.1) is 18.6 Å². The van der Waals surface area contributed by atoms with E-state index < -0.39 is 0 Å². The van der Waals surface area contributed by atoms with Crippen molar-refractivity contribution in [1.29, 1.82) is 5.26 Å². The molecule has 16 heavy (non-hydrogen) atoms. The standard InChI is InChI=1S/C13H16ClNO/c1-5-16-13-10(4)9(3)12(14)6-11(13)8(2)7-15/h6,8H,5H2,1-4H3. The normalized spacial score (nSPS) is 12.0. The van der Waals surface area contributed by atoms with Crippen molar-refractivity contribution < 1.29 is 4.74 Å². The lowest BCUT2D eigenvalue weighted by molar-refractivity contribution is 0.333. The number of nitrogens with zero attached hydrogens (tertiary/aromatic N) is 1. The summed E-state index contributed by atoms with van der Waals surface area (Å²) in [4.78, 5) is 0. The zero-order valence-electron chi connectivity index (χ0n) is 10.1. The second-order valence-corrected chi connectivity index (χ2v) is 4.22. The molecular formula is C13H16ClNO. The molecule has 3 heteroatoms. The highest BCUT2D eigenvalue weighted by atomic mass is 35.5. The van der Waals surface area contributed by atoms with Crippen LogP contribution in [0.25, 0.3) is 0 Å². The predicted octanol–water partition coefficient (Wildman–Crippen LogP) is 3.98. The third kappa shape index (κ3) is 2.31. The average Bonchev–Trinajstić information content (AvgIpc) is 2.28. The summed E-state index contributed by atoms with van der Waals surface area (Å²) in [6.07, 6.45) is 0. The molecule has 1 rings (SSSR count). The smallest absolute Gasteiger partial charge is 0.127 e. The third-order valence-corrected chi connectivity index (χ3v) is 3.15. The van der Waals surface area contributed by atoms with Gasteiger partial charge in [0.1, 0.15) is 5.75 Å². The van der Waals surface area contributed by atoms with Crippen LogP contribution in [-0.4, -0.2) is 6.61 Å². The Labute approximate surface area is 102 Å². The lowest BCUT2D eigenvalue weighted by atomic mass is 9.96. The summed E-state index contributed by atoms with van der Waals surface area (Å²) in [5, 5.41) is 9.68. The van der Waals surface area contributed by atoms with Gasteiger partial charge in [-0.15, -0.1) is 0 Å². The van der Waals surface area contributed by atoms with Gasteiger partial charge >= 0.3 is 0 Å². The summed E-state index contributed by atoms with van der Waals surface area (Å²) in [5.41, 5.74) is 2.91. The van der Waals surface area contributed by atoms with Crippen molar-refractivity contribution in [1.82, 2.24) is 0 Å². The molecule has 0 N–H and O–H groups in total. The summed E-state index contributed by atoms with van der Waals surface area (Å²) in [5.74, 6) is 0.594. The Bertz CT molecular complexity index is 435. The van der Waals surface area contributed by atoms with Gasteiger partial charge < -0.3 is 4.74 Å². The highest BCUT2D eigenvalue weighted by Gasteiger charge is 2.17. The van der Waals surface area contributed by atoms with Crippen LogP contribution in [0, 0.1) is 25.2 Å². The minimum atomic E-state index is -0.210. The molecule has 1 aromatic rings. The van der Waals surface area contributed by atoms with Crippen LogP contribution in [0.4, 0.5) is 0 Å². The van der Waals surface area contributed by atoms with Crippen LogP contribution in [0.1, 0.15) is 36.5 Å². The molecule has 0 aliphatic carbocycles. The van der Waals surface area contributed by atoms with E-state index in [2.05, 4.69) is 6.07 Å². The van der Waals surface area contributed by atoms with E-state index in [0.717, 1.165) is 22.4 Å². The van der Waals surface area contributed by atoms with Gasteiger partial charge in [0, 0.05) is 10.6 Å². The molecule has 2 nitrogen and oxygen atoms in total. The van der Waals surface area contributed by atoms with Gasteiger partial charge in [-0.3, -0.25) is 0 Å². The molecule has 1 unspecified atom stereocenters. The van der Waals surface area contributed by atoms with E-state index in [-0.39, 0.29) is 5.92 Å². The quantitative estimate of drug-likeness (QED) is 0.797. The minimum Gasteiger partial charge on any atom is -0.493 e. The van der Waals surface area contributed by atoms with Crippen molar-refractivity contribution in [2.75, 3.05) is 6.61 Å². The van der Waals surface area contributed by atoms with E-state index >= 15 is 0 Å². The molecule has 86 valence electrons. The first kappa shape index (κ1) is 12.9. The van der Waals surface area contributed by atoms with E-state index in [1.165, 1.54) is 0 Å². The molecule has 1 aromatic carbocycles. The Morgan fingerprint density at radius 3 is 2.56 bits per heavy atom. The maximum Gasteiger partial charge on any atom is 0.127 e. The zero-order valence-corrected chi connectivity index (χ0v) is 10.9. The fourth-order valence-corrected chi connectivity index (χ4v) is 1.86. The first-order chi connectivity index (χ1) is 7.52. The van der Waals surface area contributed by atoms with Gasteiger partial charge in [-0.05, 0) is 44.9 Å². The maximum atomic E-state index is 8.98. The highest BCUT2D eigenvalue weighted by Crippen LogP contribution is 2.35. The molecule has 0 amide bonds. The van der Waals surface area contributed by atoms with Crippen LogP contribution in [0.3, 0.4) is 0 Å². The fourth-order valence-electron chi connectivity index (χ4n) is 1.60. The molecule has 1 atom stereocenters. The molecule has 0 aliphatic rings. The molecule has 0 fully saturated rings. The largest absolute Gasteiger partial charge is 0.493 e. The van der Waals surface area contributed by atoms with Gasteiger partial charge in [0.25, 0.3) is 0 Å². The summed E-state index contributed by atoms with van der Waals surface area (Å²) in [6.45, 7) is 8.31. The fraction of sp³-hybridized carbons (Fsp3) is 0.462. The number of nitriles is 1. The average molecular weight is 238 g/mol. The van der Waals surface area contributed by atoms with Gasteiger partial charge in [-0.1, -0.05) is 11.6 Å². The van der Waals surface area contributed by atoms with Crippen LogP contribution in [0.2, 0.25) is 5.02 Å². The van der Waals surface area contributed by atoms with Crippen LogP contribution in [-0.2, 0) is 0 Å². The van der Waals surface area contributed by atoms with Crippen molar-refractivity contribution in [3.05, 3.63) is 27.8 Å². The van der Waals surface area contributed by atoms with Gasteiger partial charge in [-0.25, -0.2) is 0 Å². The number of ether oxygens (including phenoxy) is 1. The number of hydrogen-bond acceptors (Lipinski definition) is 2. The van der Waals surface area contributed by atoms with E-state index in [0.29, 0.717) is 11.6 Å². The summed E-state index contributed by atoms with van der Waals surface area (Å²) >= 11 is 6.13. The Balaban J connectivity index is 3.41. The molecular weight excluding hydrogens is 222 g/mol. The monoisotopic (exact) mass is 237 g/mol. The van der Waals surface area contributed by atoms with Crippen LogP contribution in [0.15, 0.2) is 6.07 Å².